The number of carbonyl (C=O) groups is 2. The summed E-state index contributed by atoms with van der Waals surface area (Å²) < 4.78 is 5.36. The maximum atomic E-state index is 12.8. The van der Waals surface area contributed by atoms with Crippen molar-refractivity contribution >= 4 is 23.0 Å². The van der Waals surface area contributed by atoms with Crippen molar-refractivity contribution in [2.24, 2.45) is 0 Å². The number of aliphatic carboxylic acids is 1. The van der Waals surface area contributed by atoms with Gasteiger partial charge in [0, 0.05) is 11.6 Å². The lowest BCUT2D eigenvalue weighted by Gasteiger charge is -2.14. The monoisotopic (exact) mass is 345 g/mol. The molecule has 7 nitrogen and oxygen atoms in total. The van der Waals surface area contributed by atoms with Gasteiger partial charge in [-0.15, -0.1) is 0 Å². The Morgan fingerprint density at radius 1 is 1.40 bits per heavy atom. The van der Waals surface area contributed by atoms with Gasteiger partial charge in [0.2, 0.25) is 0 Å². The van der Waals surface area contributed by atoms with Gasteiger partial charge in [0.05, 0.1) is 16.6 Å². The third-order valence-electron chi connectivity index (χ3n) is 4.46. The van der Waals surface area contributed by atoms with Crippen LogP contribution in [-0.2, 0) is 4.79 Å². The maximum absolute atomic E-state index is 12.8. The number of hydrogen-bond acceptors (Lipinski definition) is 5. The second kappa shape index (κ2) is 6.82. The Morgan fingerprint density at radius 3 is 2.68 bits per heavy atom. The van der Waals surface area contributed by atoms with Crippen molar-refractivity contribution in [1.29, 1.82) is 0 Å². The van der Waals surface area contributed by atoms with Gasteiger partial charge < -0.3 is 14.9 Å². The van der Waals surface area contributed by atoms with E-state index in [9.17, 15) is 14.7 Å². The van der Waals surface area contributed by atoms with E-state index in [4.69, 9.17) is 4.52 Å². The number of nitrogens with one attached hydrogen (secondary N) is 1. The van der Waals surface area contributed by atoms with Crippen LogP contribution in [0.1, 0.15) is 80.0 Å². The van der Waals surface area contributed by atoms with Crippen molar-refractivity contribution in [3.63, 3.8) is 0 Å². The van der Waals surface area contributed by atoms with E-state index in [1.807, 2.05) is 20.8 Å². The molecule has 134 valence electrons. The molecule has 0 saturated heterocycles. The third-order valence-corrected chi connectivity index (χ3v) is 4.46. The third kappa shape index (κ3) is 3.50. The van der Waals surface area contributed by atoms with Gasteiger partial charge in [-0.3, -0.25) is 4.79 Å². The highest BCUT2D eigenvalue weighted by molar-refractivity contribution is 6.07. The second-order valence-electron chi connectivity index (χ2n) is 6.92. The summed E-state index contributed by atoms with van der Waals surface area (Å²) in [6, 6.07) is 0.857. The molecule has 1 saturated carbocycles. The molecule has 2 N–H and O–H groups in total. The van der Waals surface area contributed by atoms with E-state index in [0.29, 0.717) is 41.1 Å². The summed E-state index contributed by atoms with van der Waals surface area (Å²) in [5, 5.41) is 16.6. The molecule has 1 amide bonds. The van der Waals surface area contributed by atoms with Crippen LogP contribution in [0.25, 0.3) is 11.1 Å². The zero-order valence-electron chi connectivity index (χ0n) is 14.7. The molecule has 3 rings (SSSR count). The molecule has 2 aromatic rings. The number of pyridine rings is 1. The molecule has 1 fully saturated rings. The quantitative estimate of drug-likeness (QED) is 0.798. The van der Waals surface area contributed by atoms with Crippen LogP contribution >= 0.6 is 0 Å². The summed E-state index contributed by atoms with van der Waals surface area (Å²) in [5.74, 6) is -1.04. The molecule has 1 atom stereocenters. The van der Waals surface area contributed by atoms with E-state index in [2.05, 4.69) is 15.5 Å². The van der Waals surface area contributed by atoms with Crippen LogP contribution in [0, 0.1) is 0 Å². The molecule has 7 heteroatoms. The predicted molar refractivity (Wildman–Crippen MR) is 91.7 cm³/mol. The minimum absolute atomic E-state index is 0.0623. The number of rotatable bonds is 7. The average molecular weight is 345 g/mol. The Kier molecular flexibility index (Phi) is 4.74. The Labute approximate surface area is 145 Å². The molecule has 2 heterocycles. The lowest BCUT2D eigenvalue weighted by Crippen LogP contribution is -2.40. The molecule has 0 bridgehead atoms. The van der Waals surface area contributed by atoms with Crippen molar-refractivity contribution < 1.29 is 19.2 Å². The van der Waals surface area contributed by atoms with Crippen LogP contribution in [0.15, 0.2) is 10.6 Å². The Morgan fingerprint density at radius 2 is 2.12 bits per heavy atom. The second-order valence-corrected chi connectivity index (χ2v) is 6.92. The normalized spacial score (nSPS) is 15.5. The maximum Gasteiger partial charge on any atom is 0.326 e. The fraction of sp³-hybridized carbons (Fsp3) is 0.556. The number of carbonyl (C=O) groups excluding carboxylic acids is 1. The number of amides is 1. The van der Waals surface area contributed by atoms with E-state index in [1.165, 1.54) is 0 Å². The minimum Gasteiger partial charge on any atom is -0.480 e. The van der Waals surface area contributed by atoms with Gasteiger partial charge in [-0.1, -0.05) is 32.3 Å². The first-order valence-corrected chi connectivity index (χ1v) is 8.76. The number of hydrogen-bond donors (Lipinski definition) is 2. The highest BCUT2D eigenvalue weighted by Crippen LogP contribution is 2.41. The van der Waals surface area contributed by atoms with E-state index in [0.717, 1.165) is 18.5 Å². The van der Waals surface area contributed by atoms with Crippen molar-refractivity contribution in [2.75, 3.05) is 0 Å². The van der Waals surface area contributed by atoms with Gasteiger partial charge in [-0.2, -0.15) is 0 Å². The van der Waals surface area contributed by atoms with E-state index < -0.39 is 17.9 Å². The standard InChI is InChI=1S/C18H23N3O4/c1-4-5-12(18(23)24)19-16(22)11-8-13(10-6-7-10)20-17-14(11)15(9(2)3)21-25-17/h8-10,12H,4-7H2,1-3H3,(H,19,22)(H,23,24). The molecule has 1 aliphatic carbocycles. The molecule has 1 unspecified atom stereocenters. The molecule has 0 aliphatic heterocycles. The van der Waals surface area contributed by atoms with Crippen LogP contribution in [0.4, 0.5) is 0 Å². The van der Waals surface area contributed by atoms with Crippen LogP contribution < -0.4 is 5.32 Å². The zero-order chi connectivity index (χ0) is 18.1. The molecular formula is C18H23N3O4. The Bertz CT molecular complexity index is 808. The first kappa shape index (κ1) is 17.4. The van der Waals surface area contributed by atoms with Crippen molar-refractivity contribution in [3.8, 4) is 0 Å². The molecule has 2 aromatic heterocycles. The summed E-state index contributed by atoms with van der Waals surface area (Å²) in [5.41, 5.74) is 2.23. The zero-order valence-corrected chi connectivity index (χ0v) is 14.7. The van der Waals surface area contributed by atoms with Gasteiger partial charge >= 0.3 is 5.97 Å². The summed E-state index contributed by atoms with van der Waals surface area (Å²) in [6.07, 6.45) is 3.13. The number of carboxylic acids is 1. The highest BCUT2D eigenvalue weighted by Gasteiger charge is 2.30. The topological polar surface area (TPSA) is 105 Å². The van der Waals surface area contributed by atoms with Crippen LogP contribution in [0.3, 0.4) is 0 Å². The summed E-state index contributed by atoms with van der Waals surface area (Å²) in [7, 11) is 0. The summed E-state index contributed by atoms with van der Waals surface area (Å²) in [6.45, 7) is 5.81. The van der Waals surface area contributed by atoms with Crippen LogP contribution in [0.2, 0.25) is 0 Å². The summed E-state index contributed by atoms with van der Waals surface area (Å²) >= 11 is 0. The molecule has 1 aliphatic rings. The number of carboxylic acid groups (broad SMARTS) is 1. The first-order valence-electron chi connectivity index (χ1n) is 8.76. The van der Waals surface area contributed by atoms with E-state index in [1.54, 1.807) is 6.07 Å². The first-order chi connectivity index (χ1) is 11.9. The number of nitrogens with zero attached hydrogens (tertiary/aromatic N) is 2. The van der Waals surface area contributed by atoms with Crippen molar-refractivity contribution in [2.45, 2.75) is 64.3 Å². The van der Waals surface area contributed by atoms with Gasteiger partial charge in [-0.05, 0) is 31.2 Å². The number of aromatic nitrogens is 2. The van der Waals surface area contributed by atoms with Gasteiger partial charge in [-0.25, -0.2) is 9.78 Å². The Hall–Kier alpha value is -2.44. The molecule has 25 heavy (non-hydrogen) atoms. The van der Waals surface area contributed by atoms with E-state index in [-0.39, 0.29) is 5.92 Å². The fourth-order valence-corrected chi connectivity index (χ4v) is 2.94. The van der Waals surface area contributed by atoms with Crippen LogP contribution in [-0.4, -0.2) is 33.2 Å². The lowest BCUT2D eigenvalue weighted by molar-refractivity contribution is -0.139. The molecule has 0 radical (unpaired) electrons. The van der Waals surface area contributed by atoms with Gasteiger partial charge in [0.25, 0.3) is 11.6 Å². The number of fused-ring (bicyclic) bond motifs is 1. The van der Waals surface area contributed by atoms with E-state index >= 15 is 0 Å². The van der Waals surface area contributed by atoms with Gasteiger partial charge in [0.1, 0.15) is 6.04 Å². The Balaban J connectivity index is 2.04. The summed E-state index contributed by atoms with van der Waals surface area (Å²) in [4.78, 5) is 28.7. The molecule has 0 spiro atoms. The van der Waals surface area contributed by atoms with Crippen LogP contribution in [0.5, 0.6) is 0 Å². The average Bonchev–Trinajstić information content (AvgIpc) is 3.32. The SMILES string of the molecule is CCCC(NC(=O)c1cc(C2CC2)nc2onc(C(C)C)c12)C(=O)O. The smallest absolute Gasteiger partial charge is 0.326 e. The molecular weight excluding hydrogens is 322 g/mol. The van der Waals surface area contributed by atoms with Crippen molar-refractivity contribution in [3.05, 3.63) is 23.0 Å². The lowest BCUT2D eigenvalue weighted by atomic mass is 10.0. The highest BCUT2D eigenvalue weighted by atomic mass is 16.5. The molecule has 0 aromatic carbocycles. The van der Waals surface area contributed by atoms with Crippen molar-refractivity contribution in [1.82, 2.24) is 15.5 Å². The predicted octanol–water partition coefficient (Wildman–Crippen LogP) is 3.21. The minimum atomic E-state index is -1.03. The fourth-order valence-electron chi connectivity index (χ4n) is 2.94. The van der Waals surface area contributed by atoms with Gasteiger partial charge in [0.15, 0.2) is 0 Å². The largest absolute Gasteiger partial charge is 0.480 e.